The summed E-state index contributed by atoms with van der Waals surface area (Å²) >= 11 is 1.32. The normalized spacial score (nSPS) is 11.9. The standard InChI is InChI=1S/C20H23N3OS/c1-12(2)18-9-7-16(11-21)20(23-18)25-15(5)19(24)22-17-8-6-13(3)14(4)10-17/h6-10,12,15H,1-5H3,(H,22,24). The lowest BCUT2D eigenvalue weighted by molar-refractivity contribution is -0.115. The zero-order valence-corrected chi connectivity index (χ0v) is 16.1. The smallest absolute Gasteiger partial charge is 0.237 e. The maximum absolute atomic E-state index is 12.5. The van der Waals surface area contributed by atoms with Gasteiger partial charge < -0.3 is 5.32 Å². The van der Waals surface area contributed by atoms with Crippen LogP contribution in [0.1, 0.15) is 49.1 Å². The topological polar surface area (TPSA) is 65.8 Å². The van der Waals surface area contributed by atoms with Crippen molar-refractivity contribution < 1.29 is 4.79 Å². The van der Waals surface area contributed by atoms with Crippen molar-refractivity contribution in [3.05, 3.63) is 52.7 Å². The zero-order valence-electron chi connectivity index (χ0n) is 15.3. The number of hydrogen-bond donors (Lipinski definition) is 1. The Morgan fingerprint density at radius 2 is 1.88 bits per heavy atom. The predicted octanol–water partition coefficient (Wildman–Crippen LogP) is 4.81. The molecule has 1 amide bonds. The van der Waals surface area contributed by atoms with E-state index in [1.807, 2.05) is 45.0 Å². The minimum atomic E-state index is -0.358. The Morgan fingerprint density at radius 3 is 2.48 bits per heavy atom. The number of nitriles is 1. The van der Waals surface area contributed by atoms with E-state index in [4.69, 9.17) is 0 Å². The summed E-state index contributed by atoms with van der Waals surface area (Å²) in [5.41, 5.74) is 4.53. The first-order valence-electron chi connectivity index (χ1n) is 8.27. The fourth-order valence-corrected chi connectivity index (χ4v) is 3.13. The number of hydrogen-bond acceptors (Lipinski definition) is 4. The van der Waals surface area contributed by atoms with E-state index in [-0.39, 0.29) is 17.1 Å². The Hall–Kier alpha value is -2.32. The number of carbonyl (C=O) groups is 1. The van der Waals surface area contributed by atoms with E-state index >= 15 is 0 Å². The molecule has 2 aromatic rings. The van der Waals surface area contributed by atoms with Crippen LogP contribution in [0, 0.1) is 25.2 Å². The first-order chi connectivity index (χ1) is 11.8. The summed E-state index contributed by atoms with van der Waals surface area (Å²) in [6.45, 7) is 9.99. The lowest BCUT2D eigenvalue weighted by atomic mass is 10.1. The number of nitrogens with one attached hydrogen (secondary N) is 1. The van der Waals surface area contributed by atoms with E-state index in [1.165, 1.54) is 17.3 Å². The van der Waals surface area contributed by atoms with Crippen LogP contribution >= 0.6 is 11.8 Å². The summed E-state index contributed by atoms with van der Waals surface area (Å²) in [4.78, 5) is 17.0. The molecule has 0 aliphatic rings. The van der Waals surface area contributed by atoms with Crippen LogP contribution < -0.4 is 5.32 Å². The number of pyridine rings is 1. The van der Waals surface area contributed by atoms with Crippen LogP contribution in [0.4, 0.5) is 5.69 Å². The molecule has 0 aliphatic heterocycles. The molecule has 5 heteroatoms. The third-order valence-electron chi connectivity index (χ3n) is 4.03. The highest BCUT2D eigenvalue weighted by atomic mass is 32.2. The van der Waals surface area contributed by atoms with E-state index in [2.05, 4.69) is 30.2 Å². The number of nitrogens with zero attached hydrogens (tertiary/aromatic N) is 2. The number of carbonyl (C=O) groups excluding carboxylic acids is 1. The summed E-state index contributed by atoms with van der Waals surface area (Å²) in [7, 11) is 0. The molecule has 1 N–H and O–H groups in total. The highest BCUT2D eigenvalue weighted by Gasteiger charge is 2.18. The van der Waals surface area contributed by atoms with Crippen LogP contribution in [0.3, 0.4) is 0 Å². The fraction of sp³-hybridized carbons (Fsp3) is 0.350. The van der Waals surface area contributed by atoms with Gasteiger partial charge in [-0.3, -0.25) is 4.79 Å². The van der Waals surface area contributed by atoms with Crippen LogP contribution in [0.2, 0.25) is 0 Å². The van der Waals surface area contributed by atoms with Gasteiger partial charge in [-0.2, -0.15) is 5.26 Å². The summed E-state index contributed by atoms with van der Waals surface area (Å²) in [6.07, 6.45) is 0. The van der Waals surface area contributed by atoms with Crippen molar-refractivity contribution in [1.29, 1.82) is 5.26 Å². The van der Waals surface area contributed by atoms with Gasteiger partial charge in [0.25, 0.3) is 0 Å². The third-order valence-corrected chi connectivity index (χ3v) is 5.13. The summed E-state index contributed by atoms with van der Waals surface area (Å²) < 4.78 is 0. The Bertz CT molecular complexity index is 824. The molecule has 1 unspecified atom stereocenters. The number of amides is 1. The second-order valence-corrected chi connectivity index (χ2v) is 7.73. The van der Waals surface area contributed by atoms with Crippen molar-refractivity contribution >= 4 is 23.4 Å². The average Bonchev–Trinajstić information content (AvgIpc) is 2.57. The third kappa shape index (κ3) is 4.83. The van der Waals surface area contributed by atoms with Crippen LogP contribution in [0.5, 0.6) is 0 Å². The molecule has 25 heavy (non-hydrogen) atoms. The predicted molar refractivity (Wildman–Crippen MR) is 103 cm³/mol. The lowest BCUT2D eigenvalue weighted by Gasteiger charge is -2.14. The molecule has 4 nitrogen and oxygen atoms in total. The quantitative estimate of drug-likeness (QED) is 0.783. The van der Waals surface area contributed by atoms with Gasteiger partial charge in [0.2, 0.25) is 5.91 Å². The van der Waals surface area contributed by atoms with Gasteiger partial charge >= 0.3 is 0 Å². The van der Waals surface area contributed by atoms with Crippen molar-refractivity contribution in [1.82, 2.24) is 4.98 Å². The number of aryl methyl sites for hydroxylation is 2. The number of rotatable bonds is 5. The fourth-order valence-electron chi connectivity index (χ4n) is 2.24. The van der Waals surface area contributed by atoms with Crippen molar-refractivity contribution in [2.75, 3.05) is 5.32 Å². The summed E-state index contributed by atoms with van der Waals surface area (Å²) in [5.74, 6) is 0.167. The van der Waals surface area contributed by atoms with Crippen LogP contribution in [0.15, 0.2) is 35.4 Å². The van der Waals surface area contributed by atoms with Gasteiger partial charge in [0.1, 0.15) is 11.1 Å². The molecule has 1 aromatic carbocycles. The molecule has 1 atom stereocenters. The Kier molecular flexibility index (Phi) is 6.22. The molecule has 0 bridgehead atoms. The average molecular weight is 353 g/mol. The monoisotopic (exact) mass is 353 g/mol. The molecule has 0 aliphatic carbocycles. The van der Waals surface area contributed by atoms with Gasteiger partial charge in [0.15, 0.2) is 0 Å². The van der Waals surface area contributed by atoms with Gasteiger partial charge in [-0.25, -0.2) is 4.98 Å². The molecule has 0 saturated carbocycles. The van der Waals surface area contributed by atoms with E-state index in [0.717, 1.165) is 16.9 Å². The Balaban J connectivity index is 2.14. The summed E-state index contributed by atoms with van der Waals surface area (Å²) in [6, 6.07) is 11.6. The molecule has 130 valence electrons. The van der Waals surface area contributed by atoms with Gasteiger partial charge in [-0.15, -0.1) is 0 Å². The molecule has 2 rings (SSSR count). The molecular weight excluding hydrogens is 330 g/mol. The Morgan fingerprint density at radius 1 is 1.16 bits per heavy atom. The first-order valence-corrected chi connectivity index (χ1v) is 9.15. The SMILES string of the molecule is Cc1ccc(NC(=O)C(C)Sc2nc(C(C)C)ccc2C#N)cc1C. The van der Waals surface area contributed by atoms with E-state index in [9.17, 15) is 10.1 Å². The minimum Gasteiger partial charge on any atom is -0.325 e. The van der Waals surface area contributed by atoms with Crippen molar-refractivity contribution in [3.8, 4) is 6.07 Å². The van der Waals surface area contributed by atoms with Gasteiger partial charge in [-0.05, 0) is 62.1 Å². The van der Waals surface area contributed by atoms with Crippen molar-refractivity contribution in [2.24, 2.45) is 0 Å². The first kappa shape index (κ1) is 19.0. The molecule has 0 saturated heterocycles. The molecule has 1 aromatic heterocycles. The lowest BCUT2D eigenvalue weighted by Crippen LogP contribution is -2.22. The largest absolute Gasteiger partial charge is 0.325 e. The number of aromatic nitrogens is 1. The summed E-state index contributed by atoms with van der Waals surface area (Å²) in [5, 5.41) is 12.5. The van der Waals surface area contributed by atoms with Gasteiger partial charge in [0, 0.05) is 11.4 Å². The number of benzene rings is 1. The van der Waals surface area contributed by atoms with Crippen LogP contribution in [0.25, 0.3) is 0 Å². The van der Waals surface area contributed by atoms with Gasteiger partial charge in [0.05, 0.1) is 10.8 Å². The van der Waals surface area contributed by atoms with Gasteiger partial charge in [-0.1, -0.05) is 31.7 Å². The van der Waals surface area contributed by atoms with E-state index in [1.54, 1.807) is 6.07 Å². The highest BCUT2D eigenvalue weighted by Crippen LogP contribution is 2.27. The number of thioether (sulfide) groups is 1. The van der Waals surface area contributed by atoms with E-state index in [0.29, 0.717) is 10.6 Å². The van der Waals surface area contributed by atoms with Crippen molar-refractivity contribution in [3.63, 3.8) is 0 Å². The molecular formula is C20H23N3OS. The van der Waals surface area contributed by atoms with Crippen LogP contribution in [-0.2, 0) is 4.79 Å². The maximum Gasteiger partial charge on any atom is 0.237 e. The minimum absolute atomic E-state index is 0.103. The van der Waals surface area contributed by atoms with Crippen LogP contribution in [-0.4, -0.2) is 16.1 Å². The second kappa shape index (κ2) is 8.17. The maximum atomic E-state index is 12.5. The van der Waals surface area contributed by atoms with E-state index < -0.39 is 0 Å². The Labute approximate surface area is 153 Å². The van der Waals surface area contributed by atoms with Crippen molar-refractivity contribution in [2.45, 2.75) is 50.8 Å². The zero-order chi connectivity index (χ0) is 18.6. The molecule has 0 fully saturated rings. The molecule has 0 radical (unpaired) electrons. The second-order valence-electron chi connectivity index (χ2n) is 6.40. The molecule has 0 spiro atoms. The number of anilines is 1. The highest BCUT2D eigenvalue weighted by molar-refractivity contribution is 8.00. The molecule has 1 heterocycles.